The Morgan fingerprint density at radius 2 is 2.00 bits per heavy atom. The Kier molecular flexibility index (Phi) is 4.67. The molecule has 0 aliphatic carbocycles. The van der Waals surface area contributed by atoms with Crippen LogP contribution >= 0.6 is 0 Å². The number of benzene rings is 1. The summed E-state index contributed by atoms with van der Waals surface area (Å²) in [5, 5.41) is 0. The van der Waals surface area contributed by atoms with Gasteiger partial charge >= 0.3 is 0 Å². The molecule has 0 N–H and O–H groups in total. The highest BCUT2D eigenvalue weighted by molar-refractivity contribution is 5.53. The fourth-order valence-corrected chi connectivity index (χ4v) is 1.82. The van der Waals surface area contributed by atoms with Gasteiger partial charge in [-0.05, 0) is 23.5 Å². The van der Waals surface area contributed by atoms with Crippen LogP contribution in [0.5, 0.6) is 5.75 Å². The van der Waals surface area contributed by atoms with Gasteiger partial charge < -0.3 is 9.53 Å². The Labute approximate surface area is 102 Å². The third-order valence-corrected chi connectivity index (χ3v) is 2.95. The lowest BCUT2D eigenvalue weighted by molar-refractivity contribution is -0.108. The number of aldehydes is 1. The fraction of sp³-hybridized carbons (Fsp3) is 0.500. The van der Waals surface area contributed by atoms with E-state index in [1.54, 1.807) is 0 Å². The highest BCUT2D eigenvalue weighted by Crippen LogP contribution is 2.33. The predicted molar refractivity (Wildman–Crippen MR) is 66.1 cm³/mol. The number of carbonyl (C=O) groups excluding carboxylic acids is 1. The molecule has 1 atom stereocenters. The average Bonchev–Trinajstić information content (AvgIpc) is 2.28. The average molecular weight is 238 g/mol. The molecular formula is C14H19FO2. The monoisotopic (exact) mass is 238 g/mol. The quantitative estimate of drug-likeness (QED) is 0.732. The zero-order chi connectivity index (χ0) is 13.0. The SMILES string of the molecule is COc1c(F)cc(C(C)C)cc1C(C)CC=O. The van der Waals surface area contributed by atoms with E-state index < -0.39 is 0 Å². The highest BCUT2D eigenvalue weighted by Gasteiger charge is 2.17. The number of hydrogen-bond donors (Lipinski definition) is 0. The predicted octanol–water partition coefficient (Wildman–Crippen LogP) is 3.65. The molecule has 2 nitrogen and oxygen atoms in total. The van der Waals surface area contributed by atoms with Crippen molar-refractivity contribution in [3.05, 3.63) is 29.1 Å². The van der Waals surface area contributed by atoms with Crippen LogP contribution in [0.25, 0.3) is 0 Å². The maximum Gasteiger partial charge on any atom is 0.165 e. The summed E-state index contributed by atoms with van der Waals surface area (Å²) in [4.78, 5) is 10.6. The summed E-state index contributed by atoms with van der Waals surface area (Å²) in [5.74, 6) is 0.114. The lowest BCUT2D eigenvalue weighted by atomic mass is 9.92. The van der Waals surface area contributed by atoms with Gasteiger partial charge in [-0.25, -0.2) is 4.39 Å². The Bertz CT molecular complexity index is 399. The van der Waals surface area contributed by atoms with E-state index in [-0.39, 0.29) is 23.4 Å². The van der Waals surface area contributed by atoms with Crippen molar-refractivity contribution in [2.75, 3.05) is 7.11 Å². The lowest BCUT2D eigenvalue weighted by Crippen LogP contribution is -2.03. The number of carbonyl (C=O) groups is 1. The molecule has 0 fully saturated rings. The van der Waals surface area contributed by atoms with Crippen LogP contribution in [0.15, 0.2) is 12.1 Å². The van der Waals surface area contributed by atoms with E-state index in [0.29, 0.717) is 6.42 Å². The second-order valence-electron chi connectivity index (χ2n) is 4.58. The van der Waals surface area contributed by atoms with Gasteiger partial charge in [-0.2, -0.15) is 0 Å². The number of rotatable bonds is 5. The molecule has 1 rings (SSSR count). The van der Waals surface area contributed by atoms with Crippen LogP contribution in [0, 0.1) is 5.82 Å². The molecule has 1 aromatic rings. The minimum absolute atomic E-state index is 0.0318. The van der Waals surface area contributed by atoms with Crippen molar-refractivity contribution in [3.63, 3.8) is 0 Å². The zero-order valence-corrected chi connectivity index (χ0v) is 10.8. The fourth-order valence-electron chi connectivity index (χ4n) is 1.82. The van der Waals surface area contributed by atoms with Crippen LogP contribution in [0.4, 0.5) is 4.39 Å². The Hall–Kier alpha value is -1.38. The summed E-state index contributed by atoms with van der Waals surface area (Å²) >= 11 is 0. The van der Waals surface area contributed by atoms with Crippen LogP contribution < -0.4 is 4.74 Å². The van der Waals surface area contributed by atoms with Gasteiger partial charge in [0.2, 0.25) is 0 Å². The van der Waals surface area contributed by atoms with Crippen molar-refractivity contribution in [1.29, 1.82) is 0 Å². The minimum atomic E-state index is -0.355. The lowest BCUT2D eigenvalue weighted by Gasteiger charge is -2.17. The third kappa shape index (κ3) is 3.05. The highest BCUT2D eigenvalue weighted by atomic mass is 19.1. The number of hydrogen-bond acceptors (Lipinski definition) is 2. The first-order chi connectivity index (χ1) is 8.01. The van der Waals surface area contributed by atoms with Crippen LogP contribution in [-0.2, 0) is 4.79 Å². The van der Waals surface area contributed by atoms with Crippen molar-refractivity contribution in [2.45, 2.75) is 39.0 Å². The maximum absolute atomic E-state index is 13.9. The molecule has 1 aromatic carbocycles. The van der Waals surface area contributed by atoms with Crippen molar-refractivity contribution in [3.8, 4) is 5.75 Å². The van der Waals surface area contributed by atoms with E-state index in [0.717, 1.165) is 17.4 Å². The van der Waals surface area contributed by atoms with E-state index in [9.17, 15) is 9.18 Å². The van der Waals surface area contributed by atoms with Gasteiger partial charge in [0.05, 0.1) is 7.11 Å². The molecule has 0 bridgehead atoms. The Morgan fingerprint density at radius 3 is 2.47 bits per heavy atom. The third-order valence-electron chi connectivity index (χ3n) is 2.95. The number of ether oxygens (including phenoxy) is 1. The molecule has 0 amide bonds. The summed E-state index contributed by atoms with van der Waals surface area (Å²) in [6.07, 6.45) is 1.22. The van der Waals surface area contributed by atoms with E-state index in [1.165, 1.54) is 13.2 Å². The molecule has 0 aliphatic heterocycles. The molecule has 0 saturated heterocycles. The van der Waals surface area contributed by atoms with Crippen LogP contribution in [-0.4, -0.2) is 13.4 Å². The summed E-state index contributed by atoms with van der Waals surface area (Å²) in [5.41, 5.74) is 1.69. The van der Waals surface area contributed by atoms with Crippen molar-refractivity contribution in [1.82, 2.24) is 0 Å². The van der Waals surface area contributed by atoms with E-state index in [1.807, 2.05) is 26.8 Å². The van der Waals surface area contributed by atoms with E-state index in [2.05, 4.69) is 0 Å². The molecule has 0 heterocycles. The molecular weight excluding hydrogens is 219 g/mol. The van der Waals surface area contributed by atoms with Gasteiger partial charge in [-0.1, -0.05) is 26.8 Å². The van der Waals surface area contributed by atoms with Crippen molar-refractivity contribution in [2.24, 2.45) is 0 Å². The van der Waals surface area contributed by atoms with Gasteiger partial charge in [-0.3, -0.25) is 0 Å². The second kappa shape index (κ2) is 5.80. The molecule has 3 heteroatoms. The summed E-state index contributed by atoms with van der Waals surface area (Å²) < 4.78 is 18.9. The minimum Gasteiger partial charge on any atom is -0.493 e. The van der Waals surface area contributed by atoms with Gasteiger partial charge in [0.25, 0.3) is 0 Å². The first-order valence-electron chi connectivity index (χ1n) is 5.82. The standard InChI is InChI=1S/C14H19FO2/c1-9(2)11-7-12(10(3)5-6-16)14(17-4)13(15)8-11/h6-10H,5H2,1-4H3. The molecule has 0 aliphatic rings. The molecule has 17 heavy (non-hydrogen) atoms. The number of methoxy groups -OCH3 is 1. The molecule has 0 aromatic heterocycles. The molecule has 0 radical (unpaired) electrons. The summed E-state index contributed by atoms with van der Waals surface area (Å²) in [6.45, 7) is 5.92. The second-order valence-corrected chi connectivity index (χ2v) is 4.58. The Balaban J connectivity index is 3.27. The van der Waals surface area contributed by atoms with Gasteiger partial charge in [0.15, 0.2) is 11.6 Å². The van der Waals surface area contributed by atoms with Crippen LogP contribution in [0.2, 0.25) is 0 Å². The Morgan fingerprint density at radius 1 is 1.35 bits per heavy atom. The first kappa shape index (κ1) is 13.7. The van der Waals surface area contributed by atoms with Crippen LogP contribution in [0.1, 0.15) is 50.2 Å². The summed E-state index contributed by atoms with van der Waals surface area (Å²) in [6, 6.07) is 3.43. The molecule has 0 spiro atoms. The molecule has 0 saturated carbocycles. The van der Waals surface area contributed by atoms with E-state index >= 15 is 0 Å². The van der Waals surface area contributed by atoms with Crippen molar-refractivity contribution < 1.29 is 13.9 Å². The molecule has 94 valence electrons. The topological polar surface area (TPSA) is 26.3 Å². The van der Waals surface area contributed by atoms with Gasteiger partial charge in [-0.15, -0.1) is 0 Å². The maximum atomic E-state index is 13.9. The van der Waals surface area contributed by atoms with Crippen molar-refractivity contribution >= 4 is 6.29 Å². The summed E-state index contributed by atoms with van der Waals surface area (Å²) in [7, 11) is 1.45. The normalized spacial score (nSPS) is 12.6. The molecule has 1 unspecified atom stereocenters. The largest absolute Gasteiger partial charge is 0.493 e. The van der Waals surface area contributed by atoms with Gasteiger partial charge in [0, 0.05) is 12.0 Å². The zero-order valence-electron chi connectivity index (χ0n) is 10.8. The van der Waals surface area contributed by atoms with E-state index in [4.69, 9.17) is 4.74 Å². The van der Waals surface area contributed by atoms with Gasteiger partial charge in [0.1, 0.15) is 6.29 Å². The van der Waals surface area contributed by atoms with Crippen LogP contribution in [0.3, 0.4) is 0 Å². The smallest absolute Gasteiger partial charge is 0.165 e. The first-order valence-corrected chi connectivity index (χ1v) is 5.82. The number of halogens is 1.